The van der Waals surface area contributed by atoms with Crippen molar-refractivity contribution >= 4 is 19.8 Å². The standard InChI is InChI=1S/C44H75O11P/c1-3-5-7-9-11-12-13-14-15-16-17-18-23-27-31-35-44(49)55-42(39-54-56(50,51)53-37-41(47)36-45)38-52-43(48)34-30-26-22-20-19-21-25-29-33-40(46)32-28-24-10-8-6-4-2/h6,8,12-13,20-22,24-25,28-29,33,40-42,45-47H,3-5,7,9-11,14-19,23,26-27,30-32,34-39H2,1-2H3,(H,50,51)/b8-6-,13-12-,22-20-,25-21-,28-24-,33-29+/t40?,41-,42+/m0/s1. The van der Waals surface area contributed by atoms with Crippen molar-refractivity contribution in [1.82, 2.24) is 0 Å². The molecular weight excluding hydrogens is 735 g/mol. The van der Waals surface area contributed by atoms with Crippen LogP contribution in [-0.2, 0) is 32.7 Å². The second-order valence-corrected chi connectivity index (χ2v) is 15.3. The van der Waals surface area contributed by atoms with Crippen LogP contribution in [0.25, 0.3) is 0 Å². The topological polar surface area (TPSA) is 169 Å². The molecule has 0 saturated carbocycles. The number of ether oxygens (including phenoxy) is 2. The Balaban J connectivity index is 4.49. The molecule has 0 amide bonds. The zero-order valence-corrected chi connectivity index (χ0v) is 35.3. The fraction of sp³-hybridized carbons (Fsp3) is 0.682. The first-order valence-electron chi connectivity index (χ1n) is 21.0. The molecule has 0 aliphatic heterocycles. The minimum atomic E-state index is -4.65. The van der Waals surface area contributed by atoms with Crippen molar-refractivity contribution < 1.29 is 52.9 Å². The number of carbonyl (C=O) groups is 2. The Morgan fingerprint density at radius 2 is 1.20 bits per heavy atom. The number of aliphatic hydroxyl groups excluding tert-OH is 3. The van der Waals surface area contributed by atoms with Gasteiger partial charge in [0.2, 0.25) is 0 Å². The van der Waals surface area contributed by atoms with Crippen LogP contribution in [0, 0.1) is 0 Å². The maximum Gasteiger partial charge on any atom is 0.472 e. The Morgan fingerprint density at radius 1 is 0.625 bits per heavy atom. The average Bonchev–Trinajstić information content (AvgIpc) is 3.18. The second kappa shape index (κ2) is 39.2. The highest BCUT2D eigenvalue weighted by Crippen LogP contribution is 2.43. The normalized spacial score (nSPS) is 15.2. The molecule has 0 bridgehead atoms. The van der Waals surface area contributed by atoms with Crippen LogP contribution in [0.1, 0.15) is 149 Å². The minimum absolute atomic E-state index is 0.127. The Labute approximate surface area is 338 Å². The minimum Gasteiger partial charge on any atom is -0.462 e. The lowest BCUT2D eigenvalue weighted by Gasteiger charge is -2.20. The Bertz CT molecular complexity index is 1180. The van der Waals surface area contributed by atoms with Crippen LogP contribution in [0.15, 0.2) is 72.9 Å². The van der Waals surface area contributed by atoms with Gasteiger partial charge in [-0.25, -0.2) is 4.57 Å². The van der Waals surface area contributed by atoms with Crippen LogP contribution in [0.5, 0.6) is 0 Å². The molecule has 12 heteroatoms. The van der Waals surface area contributed by atoms with Crippen LogP contribution >= 0.6 is 7.82 Å². The monoisotopic (exact) mass is 811 g/mol. The Kier molecular flexibility index (Phi) is 37.4. The Hall–Kier alpha value is -2.63. The van der Waals surface area contributed by atoms with Gasteiger partial charge in [0.05, 0.1) is 25.9 Å². The lowest BCUT2D eigenvalue weighted by Crippen LogP contribution is -2.29. The zero-order valence-electron chi connectivity index (χ0n) is 34.4. The molecule has 0 rings (SSSR count). The van der Waals surface area contributed by atoms with Crippen molar-refractivity contribution in [3.63, 3.8) is 0 Å². The maximum absolute atomic E-state index is 12.6. The van der Waals surface area contributed by atoms with Crippen molar-refractivity contribution in [1.29, 1.82) is 0 Å². The first kappa shape index (κ1) is 53.4. The SMILES string of the molecule is CC/C=C\C/C=C\CC(O)/C=C/C=C\C/C=C\CCCC(=O)OC[C@H](COP(=O)(O)OC[C@@H](O)CO)OC(=O)CCCCCCCCC/C=C\CCCCCC. The molecule has 4 atom stereocenters. The second-order valence-electron chi connectivity index (χ2n) is 13.8. The van der Waals surface area contributed by atoms with E-state index in [4.69, 9.17) is 19.1 Å². The van der Waals surface area contributed by atoms with E-state index in [1.807, 2.05) is 42.5 Å². The number of carbonyl (C=O) groups excluding carboxylic acids is 2. The van der Waals surface area contributed by atoms with Crippen LogP contribution < -0.4 is 0 Å². The molecule has 0 spiro atoms. The number of hydrogen-bond donors (Lipinski definition) is 4. The van der Waals surface area contributed by atoms with Crippen LogP contribution in [0.2, 0.25) is 0 Å². The van der Waals surface area contributed by atoms with Gasteiger partial charge in [-0.1, -0.05) is 138 Å². The summed E-state index contributed by atoms with van der Waals surface area (Å²) in [6.07, 6.45) is 40.4. The summed E-state index contributed by atoms with van der Waals surface area (Å²) in [7, 11) is -4.65. The highest BCUT2D eigenvalue weighted by atomic mass is 31.2. The smallest absolute Gasteiger partial charge is 0.462 e. The fourth-order valence-corrected chi connectivity index (χ4v) is 5.95. The summed E-state index contributed by atoms with van der Waals surface area (Å²) in [5.41, 5.74) is 0. The van der Waals surface area contributed by atoms with Crippen LogP contribution in [0.4, 0.5) is 0 Å². The van der Waals surface area contributed by atoms with Crippen molar-refractivity contribution in [3.05, 3.63) is 72.9 Å². The summed E-state index contributed by atoms with van der Waals surface area (Å²) < 4.78 is 32.6. The van der Waals surface area contributed by atoms with E-state index in [9.17, 15) is 29.3 Å². The van der Waals surface area contributed by atoms with Crippen molar-refractivity contribution in [2.24, 2.45) is 0 Å². The number of rotatable bonds is 38. The lowest BCUT2D eigenvalue weighted by atomic mass is 10.1. The first-order valence-corrected chi connectivity index (χ1v) is 22.5. The van der Waals surface area contributed by atoms with Gasteiger partial charge in [-0.3, -0.25) is 18.6 Å². The molecule has 0 saturated heterocycles. The summed E-state index contributed by atoms with van der Waals surface area (Å²) >= 11 is 0. The van der Waals surface area contributed by atoms with Gasteiger partial charge >= 0.3 is 19.8 Å². The summed E-state index contributed by atoms with van der Waals surface area (Å²) in [4.78, 5) is 34.9. The fourth-order valence-electron chi connectivity index (χ4n) is 5.16. The average molecular weight is 811 g/mol. The molecule has 11 nitrogen and oxygen atoms in total. The molecule has 2 unspecified atom stereocenters. The number of allylic oxidation sites excluding steroid dienone is 10. The highest BCUT2D eigenvalue weighted by molar-refractivity contribution is 7.47. The van der Waals surface area contributed by atoms with E-state index in [2.05, 4.69) is 42.7 Å². The Morgan fingerprint density at radius 3 is 1.89 bits per heavy atom. The van der Waals surface area contributed by atoms with Gasteiger partial charge in [0.1, 0.15) is 12.7 Å². The molecule has 0 aromatic heterocycles. The molecule has 0 aliphatic rings. The number of unbranched alkanes of at least 4 members (excludes halogenated alkanes) is 12. The molecule has 322 valence electrons. The van der Waals surface area contributed by atoms with Crippen LogP contribution in [0.3, 0.4) is 0 Å². The molecule has 0 fully saturated rings. The largest absolute Gasteiger partial charge is 0.472 e. The summed E-state index contributed by atoms with van der Waals surface area (Å²) in [6.45, 7) is 2.07. The van der Waals surface area contributed by atoms with E-state index in [-0.39, 0.29) is 19.4 Å². The summed E-state index contributed by atoms with van der Waals surface area (Å²) in [5.74, 6) is -1.04. The third kappa shape index (κ3) is 38.3. The van der Waals surface area contributed by atoms with Gasteiger partial charge in [-0.2, -0.15) is 0 Å². The van der Waals surface area contributed by atoms with Crippen LogP contribution in [-0.4, -0.2) is 76.9 Å². The molecule has 0 aromatic rings. The lowest BCUT2D eigenvalue weighted by molar-refractivity contribution is -0.161. The number of phosphoric ester groups is 1. The van der Waals surface area contributed by atoms with E-state index in [0.717, 1.165) is 44.9 Å². The van der Waals surface area contributed by atoms with E-state index in [1.54, 1.807) is 6.08 Å². The maximum atomic E-state index is 12.6. The third-order valence-electron chi connectivity index (χ3n) is 8.43. The predicted molar refractivity (Wildman–Crippen MR) is 225 cm³/mol. The first-order chi connectivity index (χ1) is 27.1. The van der Waals surface area contributed by atoms with Gasteiger partial charge in [0.15, 0.2) is 6.10 Å². The van der Waals surface area contributed by atoms with Gasteiger partial charge in [-0.15, -0.1) is 0 Å². The number of hydrogen-bond acceptors (Lipinski definition) is 10. The zero-order chi connectivity index (χ0) is 41.4. The van der Waals surface area contributed by atoms with E-state index in [1.165, 1.54) is 44.9 Å². The molecular formula is C44H75O11P. The van der Waals surface area contributed by atoms with Gasteiger partial charge in [-0.05, 0) is 70.6 Å². The van der Waals surface area contributed by atoms with Crippen molar-refractivity contribution in [2.45, 2.75) is 167 Å². The summed E-state index contributed by atoms with van der Waals surface area (Å²) in [6, 6.07) is 0. The number of phosphoric acid groups is 1. The van der Waals surface area contributed by atoms with Gasteiger partial charge < -0.3 is 29.7 Å². The molecule has 56 heavy (non-hydrogen) atoms. The predicted octanol–water partition coefficient (Wildman–Crippen LogP) is 9.86. The number of aliphatic hydroxyl groups is 3. The quantitative estimate of drug-likeness (QED) is 0.0154. The van der Waals surface area contributed by atoms with E-state index >= 15 is 0 Å². The number of esters is 2. The van der Waals surface area contributed by atoms with Crippen molar-refractivity contribution in [3.8, 4) is 0 Å². The van der Waals surface area contributed by atoms with Crippen molar-refractivity contribution in [2.75, 3.05) is 26.4 Å². The highest BCUT2D eigenvalue weighted by Gasteiger charge is 2.27. The van der Waals surface area contributed by atoms with E-state index in [0.29, 0.717) is 32.1 Å². The molecule has 0 radical (unpaired) electrons. The molecule has 0 aromatic carbocycles. The third-order valence-corrected chi connectivity index (χ3v) is 9.38. The van der Waals surface area contributed by atoms with E-state index < -0.39 is 57.9 Å². The summed E-state index contributed by atoms with van der Waals surface area (Å²) in [5, 5.41) is 28.3. The molecule has 4 N–H and O–H groups in total. The van der Waals surface area contributed by atoms with Gasteiger partial charge in [0, 0.05) is 12.8 Å². The van der Waals surface area contributed by atoms with Gasteiger partial charge in [0.25, 0.3) is 0 Å². The molecule has 0 heterocycles. The molecule has 0 aliphatic carbocycles.